The third kappa shape index (κ3) is 3.41. The molecule has 3 rings (SSSR count). The van der Waals surface area contributed by atoms with Gasteiger partial charge in [-0.05, 0) is 38.1 Å². The number of hydrogen-bond acceptors (Lipinski definition) is 4. The van der Waals surface area contributed by atoms with Crippen LogP contribution in [-0.2, 0) is 10.1 Å². The van der Waals surface area contributed by atoms with Gasteiger partial charge < -0.3 is 9.47 Å². The standard InChI is InChI=1S/C18H18B2F2N2O3/c1-3-26-17(25)15-10(2)23-16-13(8-5-9-24(15)16)27-18(19,20)14-11(21)6-4-7-12(14)22/h4-9H,3,19-20H2,1-2H3. The summed E-state index contributed by atoms with van der Waals surface area (Å²) >= 11 is 0. The number of nitrogens with zero attached hydrogens (tertiary/aromatic N) is 2. The Hall–Kier alpha value is -2.83. The van der Waals surface area contributed by atoms with E-state index in [1.807, 2.05) is 0 Å². The molecule has 5 nitrogen and oxygen atoms in total. The molecule has 0 saturated carbocycles. The number of aromatic nitrogens is 2. The van der Waals surface area contributed by atoms with Gasteiger partial charge in [-0.3, -0.25) is 4.40 Å². The van der Waals surface area contributed by atoms with Crippen molar-refractivity contribution in [3.8, 4) is 5.75 Å². The summed E-state index contributed by atoms with van der Waals surface area (Å²) in [5.74, 6) is -1.60. The summed E-state index contributed by atoms with van der Waals surface area (Å²) in [5.41, 5.74) is 0.940. The van der Waals surface area contributed by atoms with Crippen molar-refractivity contribution in [1.82, 2.24) is 9.38 Å². The number of imidazole rings is 1. The second kappa shape index (κ2) is 7.06. The summed E-state index contributed by atoms with van der Waals surface area (Å²) in [7, 11) is 3.14. The van der Waals surface area contributed by atoms with Crippen LogP contribution in [0.15, 0.2) is 36.5 Å². The molecule has 0 bridgehead atoms. The van der Waals surface area contributed by atoms with Gasteiger partial charge in [0, 0.05) is 11.8 Å². The van der Waals surface area contributed by atoms with Crippen LogP contribution in [0.1, 0.15) is 28.7 Å². The summed E-state index contributed by atoms with van der Waals surface area (Å²) in [6.45, 7) is 3.64. The number of rotatable bonds is 5. The van der Waals surface area contributed by atoms with Crippen LogP contribution < -0.4 is 4.74 Å². The number of carbonyl (C=O) groups excluding carboxylic acids is 1. The Kier molecular flexibility index (Phi) is 4.95. The van der Waals surface area contributed by atoms with Gasteiger partial charge in [0.15, 0.2) is 32.8 Å². The van der Waals surface area contributed by atoms with Crippen LogP contribution in [0, 0.1) is 18.6 Å². The number of fused-ring (bicyclic) bond motifs is 1. The van der Waals surface area contributed by atoms with Crippen molar-refractivity contribution in [3.05, 3.63) is 65.1 Å². The maximum absolute atomic E-state index is 14.2. The highest BCUT2D eigenvalue weighted by Gasteiger charge is 2.31. The third-order valence-electron chi connectivity index (χ3n) is 4.19. The Labute approximate surface area is 157 Å². The van der Waals surface area contributed by atoms with E-state index in [1.54, 1.807) is 52.3 Å². The fraction of sp³-hybridized carbons (Fsp3) is 0.222. The number of ether oxygens (including phenoxy) is 2. The number of halogens is 2. The molecule has 0 atom stereocenters. The molecule has 1 aromatic carbocycles. The molecule has 9 heteroatoms. The first-order chi connectivity index (χ1) is 12.8. The molecule has 0 N–H and O–H groups in total. The first-order valence-electron chi connectivity index (χ1n) is 8.54. The van der Waals surface area contributed by atoms with Crippen LogP contribution in [0.25, 0.3) is 5.65 Å². The van der Waals surface area contributed by atoms with Crippen LogP contribution in [0.5, 0.6) is 5.75 Å². The van der Waals surface area contributed by atoms with Crippen molar-refractivity contribution in [2.24, 2.45) is 0 Å². The zero-order valence-corrected chi connectivity index (χ0v) is 15.5. The summed E-state index contributed by atoms with van der Waals surface area (Å²) in [4.78, 5) is 16.6. The van der Waals surface area contributed by atoms with Gasteiger partial charge in [0.1, 0.15) is 11.6 Å². The van der Waals surface area contributed by atoms with Crippen molar-refractivity contribution in [1.29, 1.82) is 0 Å². The molecule has 0 amide bonds. The average Bonchev–Trinajstić information content (AvgIpc) is 2.91. The minimum absolute atomic E-state index is 0.180. The van der Waals surface area contributed by atoms with Crippen LogP contribution in [0.4, 0.5) is 8.78 Å². The first kappa shape index (κ1) is 18.9. The Balaban J connectivity index is 2.08. The lowest BCUT2D eigenvalue weighted by atomic mass is 9.60. The van der Waals surface area contributed by atoms with E-state index in [1.165, 1.54) is 18.2 Å². The van der Waals surface area contributed by atoms with E-state index in [4.69, 9.17) is 9.47 Å². The molecule has 3 aromatic rings. The number of hydrogen-bond donors (Lipinski definition) is 0. The van der Waals surface area contributed by atoms with Gasteiger partial charge in [0.05, 0.1) is 17.7 Å². The highest BCUT2D eigenvalue weighted by Crippen LogP contribution is 2.30. The smallest absolute Gasteiger partial charge is 0.357 e. The summed E-state index contributed by atoms with van der Waals surface area (Å²) in [5, 5.41) is -1.30. The normalized spacial score (nSPS) is 11.6. The average molecular weight is 370 g/mol. The van der Waals surface area contributed by atoms with Crippen molar-refractivity contribution >= 4 is 27.3 Å². The zero-order valence-electron chi connectivity index (χ0n) is 15.5. The topological polar surface area (TPSA) is 52.8 Å². The molecular weight excluding hydrogens is 352 g/mol. The molecule has 0 saturated heterocycles. The monoisotopic (exact) mass is 370 g/mol. The minimum atomic E-state index is -1.30. The van der Waals surface area contributed by atoms with Gasteiger partial charge in [-0.15, -0.1) is 0 Å². The van der Waals surface area contributed by atoms with E-state index < -0.39 is 23.0 Å². The number of carbonyl (C=O) groups is 1. The molecule has 0 spiro atoms. The predicted molar refractivity (Wildman–Crippen MR) is 102 cm³/mol. The maximum Gasteiger partial charge on any atom is 0.357 e. The van der Waals surface area contributed by atoms with Gasteiger partial charge in [0.2, 0.25) is 0 Å². The molecule has 2 heterocycles. The molecule has 0 aliphatic heterocycles. The van der Waals surface area contributed by atoms with Crippen molar-refractivity contribution in [2.45, 2.75) is 19.2 Å². The first-order valence-corrected chi connectivity index (χ1v) is 8.54. The van der Waals surface area contributed by atoms with E-state index in [0.717, 1.165) is 0 Å². The number of aryl methyl sites for hydroxylation is 1. The third-order valence-corrected chi connectivity index (χ3v) is 4.19. The van der Waals surface area contributed by atoms with E-state index in [2.05, 4.69) is 4.98 Å². The molecule has 2 aromatic heterocycles. The highest BCUT2D eigenvalue weighted by molar-refractivity contribution is 6.39. The van der Waals surface area contributed by atoms with Crippen molar-refractivity contribution in [2.75, 3.05) is 6.61 Å². The molecule has 0 radical (unpaired) electrons. The highest BCUT2D eigenvalue weighted by atomic mass is 19.1. The number of benzene rings is 1. The molecule has 0 aliphatic carbocycles. The molecule has 27 heavy (non-hydrogen) atoms. The molecular formula is C18H18B2F2N2O3. The number of pyridine rings is 1. The fourth-order valence-electron chi connectivity index (χ4n) is 3.08. The lowest BCUT2D eigenvalue weighted by Gasteiger charge is -2.28. The Morgan fingerprint density at radius 2 is 1.89 bits per heavy atom. The molecule has 0 unspecified atom stereocenters. The van der Waals surface area contributed by atoms with Crippen LogP contribution in [0.2, 0.25) is 0 Å². The zero-order chi connectivity index (χ0) is 19.8. The lowest BCUT2D eigenvalue weighted by Crippen LogP contribution is -2.36. The second-order valence-electron chi connectivity index (χ2n) is 6.54. The second-order valence-corrected chi connectivity index (χ2v) is 6.54. The van der Waals surface area contributed by atoms with Crippen molar-refractivity contribution < 1.29 is 23.0 Å². The lowest BCUT2D eigenvalue weighted by molar-refractivity contribution is 0.0517. The van der Waals surface area contributed by atoms with Crippen LogP contribution in [-0.4, -0.2) is 37.7 Å². The molecule has 138 valence electrons. The SMILES string of the molecule is BC(B)(Oc1cccn2c(C(=O)OCC)c(C)nc12)c1c(F)cccc1F. The Bertz CT molecular complexity index is 1000. The molecule has 0 fully saturated rings. The summed E-state index contributed by atoms with van der Waals surface area (Å²) in [6, 6.07) is 6.97. The van der Waals surface area contributed by atoms with Gasteiger partial charge in [0.25, 0.3) is 0 Å². The van der Waals surface area contributed by atoms with E-state index in [0.29, 0.717) is 17.1 Å². The van der Waals surface area contributed by atoms with Gasteiger partial charge in [-0.25, -0.2) is 18.6 Å². The summed E-state index contributed by atoms with van der Waals surface area (Å²) < 4.78 is 41.0. The molecule has 0 aliphatic rings. The Morgan fingerprint density at radius 1 is 1.22 bits per heavy atom. The van der Waals surface area contributed by atoms with Crippen LogP contribution >= 0.6 is 0 Å². The Morgan fingerprint density at radius 3 is 2.52 bits per heavy atom. The quantitative estimate of drug-likeness (QED) is 0.506. The van der Waals surface area contributed by atoms with Gasteiger partial charge in [-0.2, -0.15) is 0 Å². The predicted octanol–water partition coefficient (Wildman–Crippen LogP) is 1.55. The van der Waals surface area contributed by atoms with E-state index in [9.17, 15) is 13.6 Å². The maximum atomic E-state index is 14.2. The largest absolute Gasteiger partial charge is 0.497 e. The summed E-state index contributed by atoms with van der Waals surface area (Å²) in [6.07, 6.45) is 1.66. The fourth-order valence-corrected chi connectivity index (χ4v) is 3.08. The van der Waals surface area contributed by atoms with Gasteiger partial charge in [-0.1, -0.05) is 6.07 Å². The minimum Gasteiger partial charge on any atom is -0.497 e. The van der Waals surface area contributed by atoms with Crippen molar-refractivity contribution in [3.63, 3.8) is 0 Å². The number of esters is 1. The van der Waals surface area contributed by atoms with Crippen LogP contribution in [0.3, 0.4) is 0 Å². The van der Waals surface area contributed by atoms with E-state index in [-0.39, 0.29) is 17.9 Å². The van der Waals surface area contributed by atoms with Gasteiger partial charge >= 0.3 is 5.97 Å². The van der Waals surface area contributed by atoms with E-state index >= 15 is 0 Å².